The number of halogens is 3. The van der Waals surface area contributed by atoms with Gasteiger partial charge in [0.15, 0.2) is 0 Å². The number of nitrogens with one attached hydrogen (secondary N) is 2. The average Bonchev–Trinajstić information content (AvgIpc) is 2.46. The molecule has 4 nitrogen and oxygen atoms in total. The second kappa shape index (κ2) is 5.99. The van der Waals surface area contributed by atoms with E-state index in [-0.39, 0.29) is 0 Å². The van der Waals surface area contributed by atoms with Gasteiger partial charge >= 0.3 is 6.18 Å². The van der Waals surface area contributed by atoms with Gasteiger partial charge in [-0.25, -0.2) is 9.97 Å². The molecule has 1 aromatic carbocycles. The van der Waals surface area contributed by atoms with E-state index in [2.05, 4.69) is 20.6 Å². The topological polar surface area (TPSA) is 49.8 Å². The summed E-state index contributed by atoms with van der Waals surface area (Å²) in [5.41, 5.74) is 0.450. The highest BCUT2D eigenvalue weighted by molar-refractivity contribution is 5.65. The molecule has 0 aliphatic heterocycles. The molecule has 2 rings (SSSR count). The second-order valence-corrected chi connectivity index (χ2v) is 4.36. The van der Waals surface area contributed by atoms with Gasteiger partial charge < -0.3 is 10.6 Å². The third kappa shape index (κ3) is 3.42. The fourth-order valence-corrected chi connectivity index (χ4v) is 1.98. The average molecular weight is 296 g/mol. The largest absolute Gasteiger partial charge is 0.416 e. The third-order valence-electron chi connectivity index (χ3n) is 2.99. The molecule has 1 heterocycles. The Balaban J connectivity index is 2.35. The summed E-state index contributed by atoms with van der Waals surface area (Å²) in [6.45, 7) is 1.93. The molecule has 1 aromatic heterocycles. The lowest BCUT2D eigenvalue weighted by molar-refractivity contribution is -0.137. The monoisotopic (exact) mass is 296 g/mol. The van der Waals surface area contributed by atoms with Crippen LogP contribution in [0.4, 0.5) is 30.5 Å². The van der Waals surface area contributed by atoms with E-state index in [1.807, 2.05) is 6.92 Å². The molecule has 7 heteroatoms. The van der Waals surface area contributed by atoms with E-state index >= 15 is 0 Å². The maximum atomic E-state index is 12.7. The number of nitrogens with zero attached hydrogens (tertiary/aromatic N) is 2. The van der Waals surface area contributed by atoms with Gasteiger partial charge in [0.05, 0.1) is 5.56 Å². The van der Waals surface area contributed by atoms with Crippen LogP contribution in [0.1, 0.15) is 18.1 Å². The van der Waals surface area contributed by atoms with Crippen molar-refractivity contribution in [1.82, 2.24) is 9.97 Å². The van der Waals surface area contributed by atoms with Gasteiger partial charge in [-0.05, 0) is 24.6 Å². The van der Waals surface area contributed by atoms with Gasteiger partial charge in [0.25, 0.3) is 0 Å². The standard InChI is InChI=1S/C14H15F3N4/c1-3-11-12(18-2)19-8-20-13(11)21-10-6-4-5-9(7-10)14(15,16)17/h4-8H,3H2,1-2H3,(H2,18,19,20,21). The highest BCUT2D eigenvalue weighted by Gasteiger charge is 2.30. The van der Waals surface area contributed by atoms with E-state index in [4.69, 9.17) is 0 Å². The molecule has 0 fully saturated rings. The highest BCUT2D eigenvalue weighted by Crippen LogP contribution is 2.32. The molecular formula is C14H15F3N4. The number of aromatic nitrogens is 2. The van der Waals surface area contributed by atoms with Crippen LogP contribution in [0.2, 0.25) is 0 Å². The molecule has 0 unspecified atom stereocenters. The van der Waals surface area contributed by atoms with Crippen molar-refractivity contribution in [2.45, 2.75) is 19.5 Å². The van der Waals surface area contributed by atoms with E-state index in [9.17, 15) is 13.2 Å². The van der Waals surface area contributed by atoms with Gasteiger partial charge in [0.1, 0.15) is 18.0 Å². The van der Waals surface area contributed by atoms with Crippen molar-refractivity contribution in [2.75, 3.05) is 17.7 Å². The van der Waals surface area contributed by atoms with E-state index < -0.39 is 11.7 Å². The zero-order valence-corrected chi connectivity index (χ0v) is 11.6. The van der Waals surface area contributed by atoms with Crippen molar-refractivity contribution < 1.29 is 13.2 Å². The lowest BCUT2D eigenvalue weighted by Crippen LogP contribution is -2.07. The molecular weight excluding hydrogens is 281 g/mol. The van der Waals surface area contributed by atoms with Gasteiger partial charge in [-0.1, -0.05) is 13.0 Å². The van der Waals surface area contributed by atoms with Crippen molar-refractivity contribution >= 4 is 17.3 Å². The molecule has 2 N–H and O–H groups in total. The van der Waals surface area contributed by atoms with Crippen LogP contribution in [0, 0.1) is 0 Å². The first-order valence-electron chi connectivity index (χ1n) is 6.41. The summed E-state index contributed by atoms with van der Waals surface area (Å²) in [7, 11) is 1.73. The fourth-order valence-electron chi connectivity index (χ4n) is 1.98. The SMILES string of the molecule is CCc1c(NC)ncnc1Nc1cccc(C(F)(F)F)c1. The molecule has 0 aliphatic rings. The van der Waals surface area contributed by atoms with Crippen LogP contribution in [-0.4, -0.2) is 17.0 Å². The Labute approximate surface area is 120 Å². The first-order chi connectivity index (χ1) is 9.95. The summed E-state index contributed by atoms with van der Waals surface area (Å²) in [6.07, 6.45) is -2.35. The van der Waals surface area contributed by atoms with Crippen LogP contribution in [0.25, 0.3) is 0 Å². The zero-order valence-electron chi connectivity index (χ0n) is 11.6. The van der Waals surface area contributed by atoms with Gasteiger partial charge in [0, 0.05) is 18.3 Å². The molecule has 21 heavy (non-hydrogen) atoms. The van der Waals surface area contributed by atoms with Crippen molar-refractivity contribution in [2.24, 2.45) is 0 Å². The van der Waals surface area contributed by atoms with Gasteiger partial charge in [0.2, 0.25) is 0 Å². The van der Waals surface area contributed by atoms with Crippen molar-refractivity contribution in [3.8, 4) is 0 Å². The summed E-state index contributed by atoms with van der Waals surface area (Å²) < 4.78 is 38.1. The van der Waals surface area contributed by atoms with Gasteiger partial charge in [-0.3, -0.25) is 0 Å². The quantitative estimate of drug-likeness (QED) is 0.900. The Bertz CT molecular complexity index is 626. The summed E-state index contributed by atoms with van der Waals surface area (Å²) >= 11 is 0. The molecule has 0 aliphatic carbocycles. The molecule has 0 spiro atoms. The van der Waals surface area contributed by atoms with Crippen LogP contribution in [0.5, 0.6) is 0 Å². The van der Waals surface area contributed by atoms with Gasteiger partial charge in [-0.15, -0.1) is 0 Å². The van der Waals surface area contributed by atoms with Crippen molar-refractivity contribution in [3.63, 3.8) is 0 Å². The van der Waals surface area contributed by atoms with E-state index in [1.165, 1.54) is 12.4 Å². The smallest absolute Gasteiger partial charge is 0.373 e. The Morgan fingerprint density at radius 1 is 1.14 bits per heavy atom. The first kappa shape index (κ1) is 15.1. The second-order valence-electron chi connectivity index (χ2n) is 4.36. The first-order valence-corrected chi connectivity index (χ1v) is 6.41. The maximum Gasteiger partial charge on any atom is 0.416 e. The Hall–Kier alpha value is -2.31. The Morgan fingerprint density at radius 2 is 1.86 bits per heavy atom. The molecule has 0 saturated carbocycles. The van der Waals surface area contributed by atoms with E-state index in [0.29, 0.717) is 23.7 Å². The molecule has 2 aromatic rings. The van der Waals surface area contributed by atoms with E-state index in [1.54, 1.807) is 13.1 Å². The zero-order chi connectivity index (χ0) is 15.5. The summed E-state index contributed by atoms with van der Waals surface area (Å²) in [4.78, 5) is 8.19. The van der Waals surface area contributed by atoms with Crippen LogP contribution >= 0.6 is 0 Å². The number of benzene rings is 1. The number of hydrogen-bond donors (Lipinski definition) is 2. The minimum absolute atomic E-state index is 0.334. The summed E-state index contributed by atoms with van der Waals surface area (Å²) in [6, 6.07) is 5.01. The highest BCUT2D eigenvalue weighted by atomic mass is 19.4. The lowest BCUT2D eigenvalue weighted by atomic mass is 10.1. The van der Waals surface area contributed by atoms with Crippen LogP contribution in [0.15, 0.2) is 30.6 Å². The number of hydrogen-bond acceptors (Lipinski definition) is 4. The number of alkyl halides is 3. The molecule has 0 atom stereocenters. The minimum Gasteiger partial charge on any atom is -0.373 e. The minimum atomic E-state index is -4.37. The van der Waals surface area contributed by atoms with Gasteiger partial charge in [-0.2, -0.15) is 13.2 Å². The predicted octanol–water partition coefficient (Wildman–Crippen LogP) is 3.84. The fraction of sp³-hybridized carbons (Fsp3) is 0.286. The number of anilines is 3. The lowest BCUT2D eigenvalue weighted by Gasteiger charge is -2.14. The Morgan fingerprint density at radius 3 is 2.48 bits per heavy atom. The molecule has 0 saturated heterocycles. The normalized spacial score (nSPS) is 11.3. The van der Waals surface area contributed by atoms with Crippen LogP contribution in [0.3, 0.4) is 0 Å². The van der Waals surface area contributed by atoms with Crippen molar-refractivity contribution in [1.29, 1.82) is 0 Å². The Kier molecular flexibility index (Phi) is 4.30. The van der Waals surface area contributed by atoms with Crippen LogP contribution < -0.4 is 10.6 Å². The third-order valence-corrected chi connectivity index (χ3v) is 2.99. The molecule has 0 bridgehead atoms. The summed E-state index contributed by atoms with van der Waals surface area (Å²) in [5.74, 6) is 1.15. The number of rotatable bonds is 4. The molecule has 112 valence electrons. The summed E-state index contributed by atoms with van der Waals surface area (Å²) in [5, 5.41) is 5.86. The van der Waals surface area contributed by atoms with E-state index in [0.717, 1.165) is 17.7 Å². The molecule has 0 amide bonds. The van der Waals surface area contributed by atoms with Crippen LogP contribution in [-0.2, 0) is 12.6 Å². The molecule has 0 radical (unpaired) electrons. The maximum absolute atomic E-state index is 12.7. The van der Waals surface area contributed by atoms with Crippen molar-refractivity contribution in [3.05, 3.63) is 41.7 Å². The predicted molar refractivity (Wildman–Crippen MR) is 75.7 cm³/mol.